The zero-order valence-electron chi connectivity index (χ0n) is 16.6. The van der Waals surface area contributed by atoms with Crippen LogP contribution in [0.5, 0.6) is 0 Å². The molecule has 2 rings (SSSR count). The van der Waals surface area contributed by atoms with E-state index >= 15 is 0 Å². The molecule has 2 N–H and O–H groups in total. The molecule has 144 valence electrons. The van der Waals surface area contributed by atoms with Crippen molar-refractivity contribution in [2.75, 3.05) is 7.11 Å². The normalized spacial score (nSPS) is 29.8. The quantitative estimate of drug-likeness (QED) is 0.681. The average molecular weight is 360 g/mol. The van der Waals surface area contributed by atoms with Crippen LogP contribution in [0.1, 0.15) is 59.8 Å². The molecule has 2 aliphatic rings. The molecule has 3 atom stereocenters. The number of hydrogen-bond acceptors (Lipinski definition) is 4. The van der Waals surface area contributed by atoms with Crippen LogP contribution in [0.25, 0.3) is 0 Å². The van der Waals surface area contributed by atoms with Gasteiger partial charge < -0.3 is 14.9 Å². The molecule has 0 radical (unpaired) electrons. The van der Waals surface area contributed by atoms with Crippen molar-refractivity contribution in [3.63, 3.8) is 0 Å². The van der Waals surface area contributed by atoms with E-state index in [1.54, 1.807) is 7.11 Å². The molecule has 0 aromatic carbocycles. The molecule has 0 saturated heterocycles. The number of carbonyl (C=O) groups is 1. The van der Waals surface area contributed by atoms with Crippen molar-refractivity contribution >= 4 is 5.78 Å². The first-order chi connectivity index (χ1) is 12.2. The molecular weight excluding hydrogens is 328 g/mol. The molecule has 0 heterocycles. The van der Waals surface area contributed by atoms with Gasteiger partial charge in [-0.2, -0.15) is 0 Å². The Kier molecular flexibility index (Phi) is 6.64. The van der Waals surface area contributed by atoms with E-state index < -0.39 is 11.7 Å². The molecule has 0 aromatic rings. The highest BCUT2D eigenvalue weighted by atomic mass is 16.5. The molecule has 0 aromatic heterocycles. The maximum Gasteiger partial charge on any atom is 0.162 e. The highest BCUT2D eigenvalue weighted by Crippen LogP contribution is 2.44. The maximum atomic E-state index is 12.4. The van der Waals surface area contributed by atoms with Crippen molar-refractivity contribution in [3.8, 4) is 0 Å². The SMILES string of the molecule is CO[C@H]1CCC(=O)C(C[C@@H]2C(/C(C)=C\CC=C(C)C)=CC[C@]2(C)O)=C1O. The van der Waals surface area contributed by atoms with Crippen LogP contribution in [-0.4, -0.2) is 34.8 Å². The fourth-order valence-electron chi connectivity index (χ4n) is 3.83. The third kappa shape index (κ3) is 4.54. The van der Waals surface area contributed by atoms with Crippen molar-refractivity contribution in [3.05, 3.63) is 46.3 Å². The number of ketones is 1. The zero-order chi connectivity index (χ0) is 19.5. The van der Waals surface area contributed by atoms with E-state index in [1.807, 2.05) is 13.8 Å². The minimum Gasteiger partial charge on any atom is -0.509 e. The van der Waals surface area contributed by atoms with Crippen LogP contribution >= 0.6 is 0 Å². The van der Waals surface area contributed by atoms with E-state index in [1.165, 1.54) is 5.57 Å². The Labute approximate surface area is 156 Å². The van der Waals surface area contributed by atoms with Gasteiger partial charge in [0.1, 0.15) is 11.9 Å². The standard InChI is InChI=1S/C22H32O4/c1-14(2)7-6-8-15(3)16-11-12-22(4,25)18(16)13-17-19(23)9-10-20(26-5)21(17)24/h7-8,11,18,20,24-25H,6,9-10,12-13H2,1-5H3/b15-8-/t18-,20+,22+/m1/s1. The van der Waals surface area contributed by atoms with Crippen LogP contribution in [-0.2, 0) is 9.53 Å². The van der Waals surface area contributed by atoms with Gasteiger partial charge in [-0.15, -0.1) is 0 Å². The molecule has 0 aliphatic heterocycles. The Hall–Kier alpha value is -1.65. The summed E-state index contributed by atoms with van der Waals surface area (Å²) in [6.07, 6.45) is 8.59. The lowest BCUT2D eigenvalue weighted by Gasteiger charge is -2.31. The number of aliphatic hydroxyl groups excluding tert-OH is 1. The van der Waals surface area contributed by atoms with Gasteiger partial charge in [0.15, 0.2) is 5.78 Å². The van der Waals surface area contributed by atoms with Crippen LogP contribution < -0.4 is 0 Å². The molecule has 0 amide bonds. The van der Waals surface area contributed by atoms with Gasteiger partial charge in [0.2, 0.25) is 0 Å². The summed E-state index contributed by atoms with van der Waals surface area (Å²) in [4.78, 5) is 12.4. The van der Waals surface area contributed by atoms with Gasteiger partial charge in [-0.25, -0.2) is 0 Å². The number of rotatable bonds is 6. The number of aliphatic hydroxyl groups is 2. The maximum absolute atomic E-state index is 12.4. The number of methoxy groups -OCH3 is 1. The Morgan fingerprint density at radius 2 is 2.04 bits per heavy atom. The summed E-state index contributed by atoms with van der Waals surface area (Å²) in [5.41, 5.74) is 2.96. The van der Waals surface area contributed by atoms with Gasteiger partial charge in [-0.3, -0.25) is 4.79 Å². The second-order valence-corrected chi connectivity index (χ2v) is 7.93. The van der Waals surface area contributed by atoms with Crippen molar-refractivity contribution < 1.29 is 19.7 Å². The third-order valence-corrected chi connectivity index (χ3v) is 5.54. The van der Waals surface area contributed by atoms with Crippen LogP contribution in [0.4, 0.5) is 0 Å². The summed E-state index contributed by atoms with van der Waals surface area (Å²) < 4.78 is 5.29. The summed E-state index contributed by atoms with van der Waals surface area (Å²) in [6, 6.07) is 0. The number of ether oxygens (including phenoxy) is 1. The minimum absolute atomic E-state index is 0.0379. The van der Waals surface area contributed by atoms with E-state index in [0.717, 1.165) is 17.6 Å². The lowest BCUT2D eigenvalue weighted by molar-refractivity contribution is -0.118. The second kappa shape index (κ2) is 8.36. The first-order valence-corrected chi connectivity index (χ1v) is 9.38. The number of carbonyl (C=O) groups excluding carboxylic acids is 1. The van der Waals surface area contributed by atoms with Crippen molar-refractivity contribution in [1.29, 1.82) is 0 Å². The van der Waals surface area contributed by atoms with E-state index in [2.05, 4.69) is 32.1 Å². The lowest BCUT2D eigenvalue weighted by Crippen LogP contribution is -2.34. The summed E-state index contributed by atoms with van der Waals surface area (Å²) in [5.74, 6) is -0.205. The van der Waals surface area contributed by atoms with E-state index in [9.17, 15) is 15.0 Å². The first-order valence-electron chi connectivity index (χ1n) is 9.38. The van der Waals surface area contributed by atoms with Gasteiger partial charge in [-0.05, 0) is 59.0 Å². The second-order valence-electron chi connectivity index (χ2n) is 7.93. The molecule has 26 heavy (non-hydrogen) atoms. The zero-order valence-corrected chi connectivity index (χ0v) is 16.6. The van der Waals surface area contributed by atoms with E-state index in [-0.39, 0.29) is 17.5 Å². The predicted molar refractivity (Wildman–Crippen MR) is 104 cm³/mol. The molecular formula is C22H32O4. The molecule has 0 spiro atoms. The average Bonchev–Trinajstić information content (AvgIpc) is 2.86. The topological polar surface area (TPSA) is 66.8 Å². The largest absolute Gasteiger partial charge is 0.509 e. The highest BCUT2D eigenvalue weighted by Gasteiger charge is 2.41. The number of allylic oxidation sites excluding steroid dienone is 5. The first kappa shape index (κ1) is 20.7. The monoisotopic (exact) mass is 360 g/mol. The van der Waals surface area contributed by atoms with E-state index in [4.69, 9.17) is 4.74 Å². The van der Waals surface area contributed by atoms with Gasteiger partial charge in [0.05, 0.1) is 5.60 Å². The summed E-state index contributed by atoms with van der Waals surface area (Å²) in [7, 11) is 1.54. The van der Waals surface area contributed by atoms with Crippen LogP contribution in [0.3, 0.4) is 0 Å². The van der Waals surface area contributed by atoms with Crippen LogP contribution in [0.2, 0.25) is 0 Å². The molecule has 0 saturated carbocycles. The fraction of sp³-hybridized carbons (Fsp3) is 0.591. The Morgan fingerprint density at radius 3 is 2.65 bits per heavy atom. The Balaban J connectivity index is 2.28. The smallest absolute Gasteiger partial charge is 0.162 e. The molecule has 0 unspecified atom stereocenters. The lowest BCUT2D eigenvalue weighted by atomic mass is 9.78. The van der Waals surface area contributed by atoms with Crippen molar-refractivity contribution in [2.45, 2.75) is 71.5 Å². The Morgan fingerprint density at radius 1 is 1.35 bits per heavy atom. The molecule has 4 heteroatoms. The van der Waals surface area contributed by atoms with Crippen LogP contribution in [0.15, 0.2) is 46.3 Å². The van der Waals surface area contributed by atoms with Crippen molar-refractivity contribution in [2.24, 2.45) is 5.92 Å². The summed E-state index contributed by atoms with van der Waals surface area (Å²) in [6.45, 7) is 8.00. The summed E-state index contributed by atoms with van der Waals surface area (Å²) in [5, 5.41) is 21.3. The Bertz CT molecular complexity index is 672. The molecule has 0 fully saturated rings. The van der Waals surface area contributed by atoms with Gasteiger partial charge in [0.25, 0.3) is 0 Å². The molecule has 0 bridgehead atoms. The van der Waals surface area contributed by atoms with Gasteiger partial charge in [0, 0.05) is 25.0 Å². The van der Waals surface area contributed by atoms with Gasteiger partial charge >= 0.3 is 0 Å². The number of hydrogen-bond donors (Lipinski definition) is 2. The van der Waals surface area contributed by atoms with Gasteiger partial charge in [-0.1, -0.05) is 29.4 Å². The third-order valence-electron chi connectivity index (χ3n) is 5.54. The minimum atomic E-state index is -0.922. The van der Waals surface area contributed by atoms with Crippen LogP contribution in [0, 0.1) is 5.92 Å². The molecule has 4 nitrogen and oxygen atoms in total. The number of Topliss-reactive ketones (excluding diaryl/α,β-unsaturated/α-hetero) is 1. The van der Waals surface area contributed by atoms with Crippen molar-refractivity contribution in [1.82, 2.24) is 0 Å². The van der Waals surface area contributed by atoms with E-state index in [0.29, 0.717) is 31.3 Å². The predicted octanol–water partition coefficient (Wildman–Crippen LogP) is 4.57. The molecule has 2 aliphatic carbocycles. The highest BCUT2D eigenvalue weighted by molar-refractivity contribution is 5.97. The fourth-order valence-corrected chi connectivity index (χ4v) is 3.83. The summed E-state index contributed by atoms with van der Waals surface area (Å²) >= 11 is 0.